The van der Waals surface area contributed by atoms with E-state index in [2.05, 4.69) is 15.3 Å². The van der Waals surface area contributed by atoms with Crippen LogP contribution in [0.5, 0.6) is 0 Å². The predicted molar refractivity (Wildman–Crippen MR) is 78.8 cm³/mol. The zero-order valence-electron chi connectivity index (χ0n) is 12.1. The third kappa shape index (κ3) is 4.56. The van der Waals surface area contributed by atoms with Crippen LogP contribution in [0.15, 0.2) is 36.7 Å². The Morgan fingerprint density at radius 1 is 1.22 bits per heavy atom. The highest BCUT2D eigenvalue weighted by molar-refractivity contribution is 5.94. The molecule has 1 N–H and O–H groups in total. The van der Waals surface area contributed by atoms with E-state index in [1.165, 1.54) is 36.7 Å². The number of rotatable bonds is 5. The molecule has 0 aliphatic carbocycles. The van der Waals surface area contributed by atoms with Crippen LogP contribution < -0.4 is 5.32 Å². The number of aryl methyl sites for hydroxylation is 1. The number of hydrogen-bond donors (Lipinski definition) is 1. The predicted octanol–water partition coefficient (Wildman–Crippen LogP) is 1.49. The van der Waals surface area contributed by atoms with Crippen molar-refractivity contribution in [2.24, 2.45) is 0 Å². The standard InChI is InChI=1S/C14H12N4O5/c1-9-6-16-12(7-15-9)14(20)23-8-13(19)17-10-2-4-11(5-3-10)18(21)22/h2-7H,8H2,1H3,(H,17,19). The van der Waals surface area contributed by atoms with Crippen molar-refractivity contribution in [2.75, 3.05) is 11.9 Å². The Balaban J connectivity index is 1.86. The number of non-ortho nitro benzene ring substituents is 1. The lowest BCUT2D eigenvalue weighted by Crippen LogP contribution is -2.21. The van der Waals surface area contributed by atoms with Crippen molar-refractivity contribution in [1.82, 2.24) is 9.97 Å². The van der Waals surface area contributed by atoms with Gasteiger partial charge in [-0.05, 0) is 19.1 Å². The molecule has 0 atom stereocenters. The number of nitro groups is 1. The SMILES string of the molecule is Cc1cnc(C(=O)OCC(=O)Nc2ccc([N+](=O)[O-])cc2)cn1. The first kappa shape index (κ1) is 16.0. The molecule has 0 bridgehead atoms. The van der Waals surface area contributed by atoms with Crippen LogP contribution in [0.25, 0.3) is 0 Å². The van der Waals surface area contributed by atoms with Crippen LogP contribution in [0.1, 0.15) is 16.2 Å². The minimum absolute atomic E-state index is 0.00117. The quantitative estimate of drug-likeness (QED) is 0.503. The first-order valence-corrected chi connectivity index (χ1v) is 6.46. The number of carbonyl (C=O) groups is 2. The molecule has 0 saturated carbocycles. The molecule has 9 heteroatoms. The normalized spacial score (nSPS) is 9.96. The van der Waals surface area contributed by atoms with Gasteiger partial charge >= 0.3 is 5.97 Å². The van der Waals surface area contributed by atoms with Gasteiger partial charge in [0.15, 0.2) is 12.3 Å². The van der Waals surface area contributed by atoms with Crippen molar-refractivity contribution in [3.05, 3.63) is 58.2 Å². The third-order valence-corrected chi connectivity index (χ3v) is 2.69. The van der Waals surface area contributed by atoms with E-state index in [0.29, 0.717) is 11.4 Å². The number of nitrogens with one attached hydrogen (secondary N) is 1. The van der Waals surface area contributed by atoms with Gasteiger partial charge in [-0.15, -0.1) is 0 Å². The minimum Gasteiger partial charge on any atom is -0.451 e. The van der Waals surface area contributed by atoms with Crippen molar-refractivity contribution in [2.45, 2.75) is 6.92 Å². The number of nitro benzene ring substituents is 1. The summed E-state index contributed by atoms with van der Waals surface area (Å²) >= 11 is 0. The van der Waals surface area contributed by atoms with Gasteiger partial charge in [0.25, 0.3) is 11.6 Å². The number of hydrogen-bond acceptors (Lipinski definition) is 7. The highest BCUT2D eigenvalue weighted by Gasteiger charge is 2.12. The lowest BCUT2D eigenvalue weighted by molar-refractivity contribution is -0.384. The van der Waals surface area contributed by atoms with Crippen LogP contribution >= 0.6 is 0 Å². The summed E-state index contributed by atoms with van der Waals surface area (Å²) in [5, 5.41) is 13.0. The molecule has 0 spiro atoms. The van der Waals surface area contributed by atoms with Crippen LogP contribution in [0, 0.1) is 17.0 Å². The molecule has 2 aromatic rings. The number of anilines is 1. The van der Waals surface area contributed by atoms with E-state index >= 15 is 0 Å². The summed E-state index contributed by atoms with van der Waals surface area (Å²) in [5.74, 6) is -1.34. The van der Waals surface area contributed by atoms with Crippen LogP contribution in [-0.2, 0) is 9.53 Å². The maximum absolute atomic E-state index is 11.7. The summed E-state index contributed by atoms with van der Waals surface area (Å²) in [6.07, 6.45) is 2.67. The Morgan fingerprint density at radius 3 is 2.48 bits per heavy atom. The molecule has 9 nitrogen and oxygen atoms in total. The molecule has 0 saturated heterocycles. The molecule has 0 unspecified atom stereocenters. The third-order valence-electron chi connectivity index (χ3n) is 2.69. The maximum Gasteiger partial charge on any atom is 0.359 e. The van der Waals surface area contributed by atoms with E-state index in [4.69, 9.17) is 4.74 Å². The Bertz CT molecular complexity index is 728. The highest BCUT2D eigenvalue weighted by atomic mass is 16.6. The number of amides is 1. The van der Waals surface area contributed by atoms with Gasteiger partial charge in [-0.1, -0.05) is 0 Å². The lowest BCUT2D eigenvalue weighted by Gasteiger charge is -2.06. The molecule has 0 radical (unpaired) electrons. The maximum atomic E-state index is 11.7. The summed E-state index contributed by atoms with van der Waals surface area (Å²) in [4.78, 5) is 41.0. The molecule has 1 heterocycles. The molecular formula is C14H12N4O5. The fourth-order valence-corrected chi connectivity index (χ4v) is 1.57. The van der Waals surface area contributed by atoms with Gasteiger partial charge in [-0.3, -0.25) is 19.9 Å². The fraction of sp³-hybridized carbons (Fsp3) is 0.143. The van der Waals surface area contributed by atoms with Gasteiger partial charge in [-0.2, -0.15) is 0 Å². The molecule has 118 valence electrons. The number of carbonyl (C=O) groups excluding carboxylic acids is 2. The number of esters is 1. The van der Waals surface area contributed by atoms with E-state index < -0.39 is 23.4 Å². The molecule has 0 aliphatic rings. The molecule has 0 aliphatic heterocycles. The number of nitrogens with zero attached hydrogens (tertiary/aromatic N) is 3. The van der Waals surface area contributed by atoms with Gasteiger partial charge in [-0.25, -0.2) is 9.78 Å². The second-order valence-corrected chi connectivity index (χ2v) is 4.47. The Kier molecular flexibility index (Phi) is 4.92. The zero-order chi connectivity index (χ0) is 16.8. The second-order valence-electron chi connectivity index (χ2n) is 4.47. The van der Waals surface area contributed by atoms with E-state index in [1.54, 1.807) is 6.92 Å². The fourth-order valence-electron chi connectivity index (χ4n) is 1.57. The average Bonchev–Trinajstić information content (AvgIpc) is 2.54. The van der Waals surface area contributed by atoms with Crippen LogP contribution in [0.2, 0.25) is 0 Å². The van der Waals surface area contributed by atoms with E-state index in [0.717, 1.165) is 0 Å². The zero-order valence-corrected chi connectivity index (χ0v) is 12.1. The molecule has 1 amide bonds. The van der Waals surface area contributed by atoms with Crippen molar-refractivity contribution in [1.29, 1.82) is 0 Å². The molecular weight excluding hydrogens is 304 g/mol. The smallest absolute Gasteiger partial charge is 0.359 e. The van der Waals surface area contributed by atoms with Crippen LogP contribution in [-0.4, -0.2) is 33.4 Å². The minimum atomic E-state index is -0.767. The number of ether oxygens (including phenoxy) is 1. The summed E-state index contributed by atoms with van der Waals surface area (Å²) in [5.41, 5.74) is 0.912. The van der Waals surface area contributed by atoms with E-state index in [-0.39, 0.29) is 11.4 Å². The monoisotopic (exact) mass is 316 g/mol. The van der Waals surface area contributed by atoms with Gasteiger partial charge in [0.2, 0.25) is 0 Å². The van der Waals surface area contributed by atoms with E-state index in [9.17, 15) is 19.7 Å². The first-order chi connectivity index (χ1) is 11.0. The molecule has 1 aromatic carbocycles. The summed E-state index contributed by atoms with van der Waals surface area (Å²) in [6.45, 7) is 1.21. The molecule has 1 aromatic heterocycles. The van der Waals surface area contributed by atoms with Gasteiger partial charge in [0.1, 0.15) is 0 Å². The largest absolute Gasteiger partial charge is 0.451 e. The second kappa shape index (κ2) is 7.07. The van der Waals surface area contributed by atoms with Crippen molar-refractivity contribution >= 4 is 23.3 Å². The van der Waals surface area contributed by atoms with E-state index in [1.807, 2.05) is 0 Å². The Morgan fingerprint density at radius 2 is 1.91 bits per heavy atom. The van der Waals surface area contributed by atoms with Crippen LogP contribution in [0.4, 0.5) is 11.4 Å². The Hall–Kier alpha value is -3.36. The number of benzene rings is 1. The molecule has 2 rings (SSSR count). The Labute approximate surface area is 130 Å². The topological polar surface area (TPSA) is 124 Å². The average molecular weight is 316 g/mol. The lowest BCUT2D eigenvalue weighted by atomic mass is 10.3. The van der Waals surface area contributed by atoms with Gasteiger partial charge in [0, 0.05) is 24.0 Å². The highest BCUT2D eigenvalue weighted by Crippen LogP contribution is 2.15. The summed E-state index contributed by atoms with van der Waals surface area (Å²) in [7, 11) is 0. The van der Waals surface area contributed by atoms with Crippen molar-refractivity contribution in [3.8, 4) is 0 Å². The van der Waals surface area contributed by atoms with Crippen LogP contribution in [0.3, 0.4) is 0 Å². The van der Waals surface area contributed by atoms with Gasteiger partial charge in [0.05, 0.1) is 16.8 Å². The molecule has 0 fully saturated rings. The van der Waals surface area contributed by atoms with Crippen molar-refractivity contribution in [3.63, 3.8) is 0 Å². The van der Waals surface area contributed by atoms with Gasteiger partial charge < -0.3 is 10.1 Å². The number of aromatic nitrogens is 2. The van der Waals surface area contributed by atoms with Crippen molar-refractivity contribution < 1.29 is 19.2 Å². The summed E-state index contributed by atoms with van der Waals surface area (Å²) in [6, 6.07) is 5.26. The molecule has 23 heavy (non-hydrogen) atoms. The summed E-state index contributed by atoms with van der Waals surface area (Å²) < 4.78 is 4.80. The first-order valence-electron chi connectivity index (χ1n) is 6.46.